The molecule has 80 valence electrons. The highest BCUT2D eigenvalue weighted by atomic mass is 16.4. The standard InChI is InChI=1S/C11H14N2O2/c1-13(7-11(14)15)10-6-9(4-5-12-10)8-2-3-8/h4-6,8H,2-3,7H2,1H3,(H,14,15). The summed E-state index contributed by atoms with van der Waals surface area (Å²) in [5.74, 6) is 0.572. The summed E-state index contributed by atoms with van der Waals surface area (Å²) in [5.41, 5.74) is 1.28. The van der Waals surface area contributed by atoms with Crippen LogP contribution in [0.1, 0.15) is 24.3 Å². The van der Waals surface area contributed by atoms with Crippen molar-refractivity contribution < 1.29 is 9.90 Å². The minimum absolute atomic E-state index is 0.0128. The van der Waals surface area contributed by atoms with Gasteiger partial charge in [0.25, 0.3) is 0 Å². The summed E-state index contributed by atoms with van der Waals surface area (Å²) < 4.78 is 0. The lowest BCUT2D eigenvalue weighted by atomic mass is 10.2. The molecule has 1 N–H and O–H groups in total. The number of nitrogens with zero attached hydrogens (tertiary/aromatic N) is 2. The molecular formula is C11H14N2O2. The smallest absolute Gasteiger partial charge is 0.323 e. The molecule has 4 heteroatoms. The second-order valence-corrected chi connectivity index (χ2v) is 3.97. The zero-order valence-electron chi connectivity index (χ0n) is 8.68. The summed E-state index contributed by atoms with van der Waals surface area (Å²) in [4.78, 5) is 16.4. The Kier molecular flexibility index (Phi) is 2.58. The van der Waals surface area contributed by atoms with E-state index in [2.05, 4.69) is 4.98 Å². The molecule has 4 nitrogen and oxygen atoms in total. The van der Waals surface area contributed by atoms with Crippen molar-refractivity contribution in [2.45, 2.75) is 18.8 Å². The van der Waals surface area contributed by atoms with Gasteiger partial charge in [-0.25, -0.2) is 4.98 Å². The van der Waals surface area contributed by atoms with Gasteiger partial charge in [0.15, 0.2) is 0 Å². The van der Waals surface area contributed by atoms with Crippen LogP contribution in [0.4, 0.5) is 5.82 Å². The summed E-state index contributed by atoms with van der Waals surface area (Å²) in [6.45, 7) is -0.0128. The molecule has 0 unspecified atom stereocenters. The maximum atomic E-state index is 10.5. The normalized spacial score (nSPS) is 15.0. The number of anilines is 1. The molecule has 0 aromatic carbocycles. The first kappa shape index (κ1) is 9.96. The summed E-state index contributed by atoms with van der Waals surface area (Å²) in [6, 6.07) is 4.00. The molecule has 1 aromatic rings. The first-order chi connectivity index (χ1) is 7.16. The van der Waals surface area contributed by atoms with E-state index < -0.39 is 5.97 Å². The first-order valence-electron chi connectivity index (χ1n) is 5.05. The highest BCUT2D eigenvalue weighted by molar-refractivity contribution is 5.72. The minimum atomic E-state index is -0.837. The maximum absolute atomic E-state index is 10.5. The van der Waals surface area contributed by atoms with Gasteiger partial charge in [-0.05, 0) is 36.5 Å². The average Bonchev–Trinajstić information content (AvgIpc) is 3.00. The predicted octanol–water partition coefficient (Wildman–Crippen LogP) is 1.48. The molecule has 1 fully saturated rings. The third-order valence-corrected chi connectivity index (χ3v) is 2.58. The van der Waals surface area contributed by atoms with Crippen LogP contribution in [0.2, 0.25) is 0 Å². The highest BCUT2D eigenvalue weighted by Gasteiger charge is 2.24. The molecule has 0 aliphatic heterocycles. The zero-order valence-corrected chi connectivity index (χ0v) is 8.68. The van der Waals surface area contributed by atoms with Crippen LogP contribution < -0.4 is 4.90 Å². The van der Waals surface area contributed by atoms with Crippen LogP contribution in [0, 0.1) is 0 Å². The molecule has 1 aliphatic rings. The van der Waals surface area contributed by atoms with Gasteiger partial charge in [-0.15, -0.1) is 0 Å². The molecule has 0 saturated heterocycles. The van der Waals surface area contributed by atoms with Crippen LogP contribution in [0.3, 0.4) is 0 Å². The summed E-state index contributed by atoms with van der Waals surface area (Å²) in [7, 11) is 1.74. The van der Waals surface area contributed by atoms with Crippen molar-refractivity contribution in [2.75, 3.05) is 18.5 Å². The SMILES string of the molecule is CN(CC(=O)O)c1cc(C2CC2)ccn1. The van der Waals surface area contributed by atoms with Crippen molar-refractivity contribution in [3.8, 4) is 0 Å². The maximum Gasteiger partial charge on any atom is 0.323 e. The molecule has 1 aliphatic carbocycles. The Labute approximate surface area is 88.6 Å². The van der Waals surface area contributed by atoms with Gasteiger partial charge in [-0.3, -0.25) is 4.79 Å². The second-order valence-electron chi connectivity index (χ2n) is 3.97. The van der Waals surface area contributed by atoms with E-state index >= 15 is 0 Å². The molecular weight excluding hydrogens is 192 g/mol. The van der Waals surface area contributed by atoms with E-state index in [1.54, 1.807) is 18.1 Å². The number of hydrogen-bond donors (Lipinski definition) is 1. The zero-order chi connectivity index (χ0) is 10.8. The predicted molar refractivity (Wildman–Crippen MR) is 57.1 cm³/mol. The van der Waals surface area contributed by atoms with E-state index in [-0.39, 0.29) is 6.54 Å². The van der Waals surface area contributed by atoms with Crippen molar-refractivity contribution in [1.82, 2.24) is 4.98 Å². The number of carboxylic acids is 1. The van der Waals surface area contributed by atoms with E-state index in [0.29, 0.717) is 5.92 Å². The van der Waals surface area contributed by atoms with Gasteiger partial charge in [-0.1, -0.05) is 0 Å². The lowest BCUT2D eigenvalue weighted by molar-refractivity contribution is -0.135. The van der Waals surface area contributed by atoms with Crippen molar-refractivity contribution in [3.63, 3.8) is 0 Å². The average molecular weight is 206 g/mol. The molecule has 1 heterocycles. The Morgan fingerprint density at radius 3 is 3.00 bits per heavy atom. The number of likely N-dealkylation sites (N-methyl/N-ethyl adjacent to an activating group) is 1. The molecule has 0 radical (unpaired) electrons. The van der Waals surface area contributed by atoms with Crippen LogP contribution in [-0.2, 0) is 4.79 Å². The summed E-state index contributed by atoms with van der Waals surface area (Å²) in [5, 5.41) is 8.67. The quantitative estimate of drug-likeness (QED) is 0.810. The van der Waals surface area contributed by atoms with E-state index in [4.69, 9.17) is 5.11 Å². The van der Waals surface area contributed by atoms with Gasteiger partial charge in [0.2, 0.25) is 0 Å². The van der Waals surface area contributed by atoms with Crippen molar-refractivity contribution >= 4 is 11.8 Å². The Morgan fingerprint density at radius 1 is 1.67 bits per heavy atom. The topological polar surface area (TPSA) is 53.4 Å². The van der Waals surface area contributed by atoms with Crippen molar-refractivity contribution in [3.05, 3.63) is 23.9 Å². The Balaban J connectivity index is 2.12. The van der Waals surface area contributed by atoms with Crippen LogP contribution in [-0.4, -0.2) is 29.7 Å². The Bertz CT molecular complexity index is 375. The Morgan fingerprint density at radius 2 is 2.40 bits per heavy atom. The van der Waals surface area contributed by atoms with Gasteiger partial charge in [0.05, 0.1) is 0 Å². The fourth-order valence-electron chi connectivity index (χ4n) is 1.60. The van der Waals surface area contributed by atoms with Gasteiger partial charge >= 0.3 is 5.97 Å². The molecule has 0 spiro atoms. The first-order valence-corrected chi connectivity index (χ1v) is 5.05. The summed E-state index contributed by atoms with van der Waals surface area (Å²) in [6.07, 6.45) is 4.24. The van der Waals surface area contributed by atoms with Crippen LogP contribution >= 0.6 is 0 Å². The number of rotatable bonds is 4. The Hall–Kier alpha value is -1.58. The fourth-order valence-corrected chi connectivity index (χ4v) is 1.60. The highest BCUT2D eigenvalue weighted by Crippen LogP contribution is 2.40. The van der Waals surface area contributed by atoms with Gasteiger partial charge in [0, 0.05) is 13.2 Å². The monoisotopic (exact) mass is 206 g/mol. The third-order valence-electron chi connectivity index (χ3n) is 2.58. The number of aromatic nitrogens is 1. The van der Waals surface area contributed by atoms with E-state index in [1.165, 1.54) is 18.4 Å². The third kappa shape index (κ3) is 2.46. The molecule has 1 aromatic heterocycles. The number of hydrogen-bond acceptors (Lipinski definition) is 3. The molecule has 1 saturated carbocycles. The number of carbonyl (C=O) groups is 1. The number of pyridine rings is 1. The summed E-state index contributed by atoms with van der Waals surface area (Å²) >= 11 is 0. The fraction of sp³-hybridized carbons (Fsp3) is 0.455. The molecule has 0 atom stereocenters. The molecule has 2 rings (SSSR count). The lowest BCUT2D eigenvalue weighted by Gasteiger charge is -2.15. The van der Waals surface area contributed by atoms with E-state index in [0.717, 1.165) is 5.82 Å². The largest absolute Gasteiger partial charge is 0.480 e. The number of carboxylic acid groups (broad SMARTS) is 1. The second kappa shape index (κ2) is 3.88. The van der Waals surface area contributed by atoms with Gasteiger partial charge in [0.1, 0.15) is 12.4 Å². The molecule has 15 heavy (non-hydrogen) atoms. The van der Waals surface area contributed by atoms with Gasteiger partial charge in [-0.2, -0.15) is 0 Å². The molecule has 0 bridgehead atoms. The van der Waals surface area contributed by atoms with Gasteiger partial charge < -0.3 is 10.0 Å². The van der Waals surface area contributed by atoms with E-state index in [1.807, 2.05) is 12.1 Å². The van der Waals surface area contributed by atoms with E-state index in [9.17, 15) is 4.79 Å². The lowest BCUT2D eigenvalue weighted by Crippen LogP contribution is -2.25. The van der Waals surface area contributed by atoms with Crippen molar-refractivity contribution in [2.24, 2.45) is 0 Å². The minimum Gasteiger partial charge on any atom is -0.480 e. The van der Waals surface area contributed by atoms with Crippen molar-refractivity contribution in [1.29, 1.82) is 0 Å². The number of aliphatic carboxylic acids is 1. The van der Waals surface area contributed by atoms with Crippen LogP contribution in [0.5, 0.6) is 0 Å². The molecule has 0 amide bonds. The van der Waals surface area contributed by atoms with Crippen LogP contribution in [0.25, 0.3) is 0 Å². The van der Waals surface area contributed by atoms with Crippen LogP contribution in [0.15, 0.2) is 18.3 Å².